The van der Waals surface area contributed by atoms with Crippen molar-refractivity contribution in [2.45, 2.75) is 34.1 Å². The highest BCUT2D eigenvalue weighted by atomic mass is 16.3. The first kappa shape index (κ1) is 13.4. The van der Waals surface area contributed by atoms with Crippen molar-refractivity contribution in [2.75, 3.05) is 19.7 Å². The molecule has 3 nitrogen and oxygen atoms in total. The van der Waals surface area contributed by atoms with Crippen molar-refractivity contribution in [3.8, 4) is 0 Å². The van der Waals surface area contributed by atoms with Gasteiger partial charge in [-0.3, -0.25) is 4.79 Å². The van der Waals surface area contributed by atoms with Crippen LogP contribution >= 0.6 is 0 Å². The minimum Gasteiger partial charge on any atom is -0.396 e. The van der Waals surface area contributed by atoms with Gasteiger partial charge in [-0.05, 0) is 19.3 Å². The zero-order valence-electron chi connectivity index (χ0n) is 9.79. The fourth-order valence-electron chi connectivity index (χ4n) is 1.26. The summed E-state index contributed by atoms with van der Waals surface area (Å²) >= 11 is 0. The largest absolute Gasteiger partial charge is 0.396 e. The molecule has 1 N–H and O–H groups in total. The summed E-state index contributed by atoms with van der Waals surface area (Å²) in [5.41, 5.74) is 0. The SMILES string of the molecule is CCN(CCCO)C(=O)C(C)C(C)C. The lowest BCUT2D eigenvalue weighted by atomic mass is 9.96. The Balaban J connectivity index is 4.16. The normalized spacial score (nSPS) is 13.0. The molecular weight excluding hydrogens is 178 g/mol. The molecule has 0 aromatic heterocycles. The van der Waals surface area contributed by atoms with Crippen molar-refractivity contribution >= 4 is 5.91 Å². The van der Waals surface area contributed by atoms with Gasteiger partial charge in [-0.2, -0.15) is 0 Å². The van der Waals surface area contributed by atoms with Crippen LogP contribution in [0.25, 0.3) is 0 Å². The summed E-state index contributed by atoms with van der Waals surface area (Å²) in [6.07, 6.45) is 0.671. The van der Waals surface area contributed by atoms with E-state index in [9.17, 15) is 4.79 Å². The van der Waals surface area contributed by atoms with Crippen molar-refractivity contribution in [3.63, 3.8) is 0 Å². The van der Waals surface area contributed by atoms with Gasteiger partial charge in [-0.15, -0.1) is 0 Å². The average Bonchev–Trinajstić information content (AvgIpc) is 2.17. The van der Waals surface area contributed by atoms with E-state index >= 15 is 0 Å². The topological polar surface area (TPSA) is 40.5 Å². The van der Waals surface area contributed by atoms with Gasteiger partial charge in [0.2, 0.25) is 5.91 Å². The first-order chi connectivity index (χ1) is 6.54. The molecule has 0 aromatic rings. The summed E-state index contributed by atoms with van der Waals surface area (Å²) in [6, 6.07) is 0. The average molecular weight is 201 g/mol. The van der Waals surface area contributed by atoms with E-state index in [1.54, 1.807) is 0 Å². The van der Waals surface area contributed by atoms with Crippen LogP contribution in [-0.4, -0.2) is 35.6 Å². The van der Waals surface area contributed by atoms with Crippen LogP contribution in [0.4, 0.5) is 0 Å². The minimum atomic E-state index is 0.0774. The molecule has 1 atom stereocenters. The standard InChI is InChI=1S/C11H23NO2/c1-5-12(7-6-8-13)11(14)10(4)9(2)3/h9-10,13H,5-8H2,1-4H3. The third kappa shape index (κ3) is 4.09. The van der Waals surface area contributed by atoms with Crippen LogP contribution in [0, 0.1) is 11.8 Å². The van der Waals surface area contributed by atoms with Gasteiger partial charge in [0.15, 0.2) is 0 Å². The maximum absolute atomic E-state index is 11.9. The lowest BCUT2D eigenvalue weighted by Gasteiger charge is -2.25. The summed E-state index contributed by atoms with van der Waals surface area (Å²) < 4.78 is 0. The first-order valence-corrected chi connectivity index (χ1v) is 5.44. The van der Waals surface area contributed by atoms with Gasteiger partial charge in [0.05, 0.1) is 0 Å². The summed E-state index contributed by atoms with van der Waals surface area (Å²) in [4.78, 5) is 13.7. The Morgan fingerprint density at radius 3 is 2.29 bits per heavy atom. The van der Waals surface area contributed by atoms with E-state index < -0.39 is 0 Å². The van der Waals surface area contributed by atoms with Gasteiger partial charge < -0.3 is 10.0 Å². The summed E-state index contributed by atoms with van der Waals surface area (Å²) in [5, 5.41) is 8.70. The van der Waals surface area contributed by atoms with Crippen molar-refractivity contribution in [1.82, 2.24) is 4.90 Å². The molecule has 0 rings (SSSR count). The Hall–Kier alpha value is -0.570. The van der Waals surface area contributed by atoms with Gasteiger partial charge >= 0.3 is 0 Å². The molecule has 0 heterocycles. The van der Waals surface area contributed by atoms with E-state index in [0.29, 0.717) is 18.9 Å². The molecule has 0 saturated heterocycles. The predicted molar refractivity (Wildman–Crippen MR) is 58.0 cm³/mol. The van der Waals surface area contributed by atoms with Gasteiger partial charge in [-0.1, -0.05) is 20.8 Å². The lowest BCUT2D eigenvalue weighted by molar-refractivity contribution is -0.136. The molecule has 0 aliphatic rings. The van der Waals surface area contributed by atoms with E-state index in [4.69, 9.17) is 5.11 Å². The molecule has 0 fully saturated rings. The van der Waals surface area contributed by atoms with Crippen LogP contribution in [0.1, 0.15) is 34.1 Å². The van der Waals surface area contributed by atoms with Crippen LogP contribution < -0.4 is 0 Å². The van der Waals surface area contributed by atoms with Gasteiger partial charge in [0, 0.05) is 25.6 Å². The van der Waals surface area contributed by atoms with Crippen molar-refractivity contribution in [3.05, 3.63) is 0 Å². The number of amides is 1. The number of carbonyl (C=O) groups excluding carboxylic acids is 1. The van der Waals surface area contributed by atoms with Gasteiger partial charge in [-0.25, -0.2) is 0 Å². The molecule has 0 spiro atoms. The molecule has 0 aliphatic carbocycles. The molecule has 0 aliphatic heterocycles. The molecule has 1 amide bonds. The number of hydrogen-bond donors (Lipinski definition) is 1. The summed E-state index contributed by atoms with van der Waals surface area (Å²) in [6.45, 7) is 9.61. The maximum Gasteiger partial charge on any atom is 0.225 e. The molecule has 3 heteroatoms. The van der Waals surface area contributed by atoms with E-state index in [2.05, 4.69) is 13.8 Å². The fraction of sp³-hybridized carbons (Fsp3) is 0.909. The van der Waals surface area contributed by atoms with Crippen LogP contribution in [0.15, 0.2) is 0 Å². The van der Waals surface area contributed by atoms with E-state index in [-0.39, 0.29) is 18.4 Å². The van der Waals surface area contributed by atoms with Gasteiger partial charge in [0.1, 0.15) is 0 Å². The number of hydrogen-bond acceptors (Lipinski definition) is 2. The fourth-order valence-corrected chi connectivity index (χ4v) is 1.26. The second-order valence-corrected chi connectivity index (χ2v) is 4.03. The number of aliphatic hydroxyl groups excluding tert-OH is 1. The summed E-state index contributed by atoms with van der Waals surface area (Å²) in [7, 11) is 0. The molecule has 0 radical (unpaired) electrons. The Morgan fingerprint density at radius 2 is 1.93 bits per heavy atom. The van der Waals surface area contributed by atoms with Crippen molar-refractivity contribution in [2.24, 2.45) is 11.8 Å². The Kier molecular flexibility index (Phi) is 6.54. The zero-order valence-corrected chi connectivity index (χ0v) is 9.79. The highest BCUT2D eigenvalue weighted by molar-refractivity contribution is 5.78. The van der Waals surface area contributed by atoms with Crippen molar-refractivity contribution in [1.29, 1.82) is 0 Å². The minimum absolute atomic E-state index is 0.0774. The third-order valence-electron chi connectivity index (χ3n) is 2.67. The van der Waals surface area contributed by atoms with E-state index in [0.717, 1.165) is 6.54 Å². The second-order valence-electron chi connectivity index (χ2n) is 4.03. The number of nitrogens with zero attached hydrogens (tertiary/aromatic N) is 1. The van der Waals surface area contributed by atoms with Crippen LogP contribution in [0.3, 0.4) is 0 Å². The Labute approximate surface area is 87.1 Å². The number of rotatable bonds is 6. The Bertz CT molecular complexity index is 169. The first-order valence-electron chi connectivity index (χ1n) is 5.44. The smallest absolute Gasteiger partial charge is 0.225 e. The number of aliphatic hydroxyl groups is 1. The molecular formula is C11H23NO2. The predicted octanol–water partition coefficient (Wildman–Crippen LogP) is 1.51. The zero-order chi connectivity index (χ0) is 11.1. The van der Waals surface area contributed by atoms with Crippen molar-refractivity contribution < 1.29 is 9.90 Å². The summed E-state index contributed by atoms with van der Waals surface area (Å²) in [5.74, 6) is 0.662. The van der Waals surface area contributed by atoms with Crippen LogP contribution in [0.5, 0.6) is 0 Å². The highest BCUT2D eigenvalue weighted by Crippen LogP contribution is 2.13. The second kappa shape index (κ2) is 6.82. The molecule has 84 valence electrons. The van der Waals surface area contributed by atoms with Gasteiger partial charge in [0.25, 0.3) is 0 Å². The molecule has 14 heavy (non-hydrogen) atoms. The Morgan fingerprint density at radius 1 is 1.36 bits per heavy atom. The quantitative estimate of drug-likeness (QED) is 0.707. The highest BCUT2D eigenvalue weighted by Gasteiger charge is 2.21. The van der Waals surface area contributed by atoms with E-state index in [1.165, 1.54) is 0 Å². The monoisotopic (exact) mass is 201 g/mol. The number of carbonyl (C=O) groups is 1. The lowest BCUT2D eigenvalue weighted by Crippen LogP contribution is -2.37. The molecule has 0 saturated carbocycles. The molecule has 0 bridgehead atoms. The molecule has 0 aromatic carbocycles. The van der Waals surface area contributed by atoms with Crippen LogP contribution in [-0.2, 0) is 4.79 Å². The van der Waals surface area contributed by atoms with Crippen LogP contribution in [0.2, 0.25) is 0 Å². The van der Waals surface area contributed by atoms with E-state index in [1.807, 2.05) is 18.7 Å². The maximum atomic E-state index is 11.9. The molecule has 1 unspecified atom stereocenters. The third-order valence-corrected chi connectivity index (χ3v) is 2.67.